The van der Waals surface area contributed by atoms with E-state index in [0.717, 1.165) is 22.0 Å². The van der Waals surface area contributed by atoms with Crippen LogP contribution >= 0.6 is 11.6 Å². The van der Waals surface area contributed by atoms with Gasteiger partial charge in [0.15, 0.2) is 6.61 Å². The number of hydrazone groups is 1. The number of halogens is 1. The zero-order valence-corrected chi connectivity index (χ0v) is 23.9. The van der Waals surface area contributed by atoms with Gasteiger partial charge in [-0.2, -0.15) is 5.10 Å². The maximum atomic E-state index is 13.1. The van der Waals surface area contributed by atoms with Gasteiger partial charge >= 0.3 is 0 Å². The fourth-order valence-corrected chi connectivity index (χ4v) is 5.19. The third-order valence-corrected chi connectivity index (χ3v) is 7.75. The van der Waals surface area contributed by atoms with E-state index in [1.54, 1.807) is 17.0 Å². The summed E-state index contributed by atoms with van der Waals surface area (Å²) in [5.41, 5.74) is 9.08. The van der Waals surface area contributed by atoms with Crippen LogP contribution in [-0.2, 0) is 9.59 Å². The van der Waals surface area contributed by atoms with Crippen molar-refractivity contribution in [3.05, 3.63) is 101 Å². The number of carbonyl (C=O) groups excluding carboxylic acids is 3. The van der Waals surface area contributed by atoms with E-state index in [1.165, 1.54) is 24.4 Å². The average molecular weight is 600 g/mol. The van der Waals surface area contributed by atoms with Crippen LogP contribution in [0.3, 0.4) is 0 Å². The lowest BCUT2D eigenvalue weighted by Gasteiger charge is -2.40. The van der Waals surface area contributed by atoms with Crippen LogP contribution in [-0.4, -0.2) is 59.2 Å². The summed E-state index contributed by atoms with van der Waals surface area (Å²) in [6, 6.07) is 24.6. The van der Waals surface area contributed by atoms with Crippen LogP contribution in [0, 0.1) is 0 Å². The number of carbonyl (C=O) groups is 3. The zero-order chi connectivity index (χ0) is 30.4. The van der Waals surface area contributed by atoms with Gasteiger partial charge in [0.1, 0.15) is 17.0 Å². The van der Waals surface area contributed by atoms with Crippen molar-refractivity contribution in [1.29, 1.82) is 0 Å². The molecule has 0 spiro atoms. The van der Waals surface area contributed by atoms with Crippen molar-refractivity contribution < 1.29 is 24.2 Å². The van der Waals surface area contributed by atoms with E-state index in [0.29, 0.717) is 31.7 Å². The third kappa shape index (κ3) is 6.70. The monoisotopic (exact) mass is 599 g/mol. The van der Waals surface area contributed by atoms with Crippen LogP contribution in [0.2, 0.25) is 5.02 Å². The van der Waals surface area contributed by atoms with Crippen molar-refractivity contribution >= 4 is 52.0 Å². The summed E-state index contributed by atoms with van der Waals surface area (Å²) in [5, 5.41) is 18.5. The number of para-hydroxylation sites is 1. The lowest BCUT2D eigenvalue weighted by Crippen LogP contribution is -2.58. The van der Waals surface area contributed by atoms with E-state index in [-0.39, 0.29) is 28.8 Å². The topological polar surface area (TPSA) is 146 Å². The number of phenols is 1. The van der Waals surface area contributed by atoms with Crippen LogP contribution in [0.1, 0.15) is 28.8 Å². The molecule has 11 heteroatoms. The lowest BCUT2D eigenvalue weighted by atomic mass is 9.86. The van der Waals surface area contributed by atoms with E-state index >= 15 is 0 Å². The first-order valence-corrected chi connectivity index (χ1v) is 14.0. The Morgan fingerprint density at radius 3 is 2.37 bits per heavy atom. The Kier molecular flexibility index (Phi) is 8.77. The number of nitrogens with two attached hydrogens (primary N) is 1. The third-order valence-electron chi connectivity index (χ3n) is 7.45. The van der Waals surface area contributed by atoms with E-state index in [1.807, 2.05) is 54.6 Å². The molecule has 3 amide bonds. The highest BCUT2D eigenvalue weighted by atomic mass is 35.5. The highest BCUT2D eigenvalue weighted by Crippen LogP contribution is 2.30. The summed E-state index contributed by atoms with van der Waals surface area (Å²) in [7, 11) is 0. The summed E-state index contributed by atoms with van der Waals surface area (Å²) >= 11 is 5.88. The normalized spacial score (nSPS) is 14.4. The van der Waals surface area contributed by atoms with E-state index in [4.69, 9.17) is 22.1 Å². The van der Waals surface area contributed by atoms with Crippen molar-refractivity contribution in [3.63, 3.8) is 0 Å². The molecule has 43 heavy (non-hydrogen) atoms. The molecule has 10 nitrogen and oxygen atoms in total. The molecular formula is C32H30ClN5O5. The largest absolute Gasteiger partial charge is 0.506 e. The molecule has 0 aliphatic carbocycles. The number of nitrogens with one attached hydrogen (secondary N) is 2. The van der Waals surface area contributed by atoms with Crippen molar-refractivity contribution in [2.45, 2.75) is 18.4 Å². The quantitative estimate of drug-likeness (QED) is 0.167. The molecule has 0 saturated carbocycles. The number of ether oxygens (including phenoxy) is 1. The van der Waals surface area contributed by atoms with Crippen LogP contribution in [0.5, 0.6) is 11.5 Å². The number of amides is 3. The van der Waals surface area contributed by atoms with Crippen LogP contribution < -0.4 is 21.2 Å². The van der Waals surface area contributed by atoms with Gasteiger partial charge in [0, 0.05) is 35.3 Å². The Hall–Kier alpha value is -5.09. The molecule has 1 aliphatic heterocycles. The van der Waals surface area contributed by atoms with Gasteiger partial charge in [-0.3, -0.25) is 14.4 Å². The predicted octanol–water partition coefficient (Wildman–Crippen LogP) is 4.30. The number of rotatable bonds is 9. The lowest BCUT2D eigenvalue weighted by molar-refractivity contribution is -0.136. The first-order valence-electron chi connectivity index (χ1n) is 13.6. The van der Waals surface area contributed by atoms with Crippen molar-refractivity contribution in [1.82, 2.24) is 10.3 Å². The van der Waals surface area contributed by atoms with Crippen LogP contribution in [0.15, 0.2) is 90.0 Å². The summed E-state index contributed by atoms with van der Waals surface area (Å²) in [6.07, 6.45) is 2.28. The minimum absolute atomic E-state index is 0.0656. The minimum Gasteiger partial charge on any atom is -0.506 e. The second-order valence-electron chi connectivity index (χ2n) is 10.2. The van der Waals surface area contributed by atoms with Crippen molar-refractivity contribution in [2.75, 3.05) is 25.0 Å². The highest BCUT2D eigenvalue weighted by molar-refractivity contribution is 6.32. The van der Waals surface area contributed by atoms with Gasteiger partial charge in [-0.25, -0.2) is 5.43 Å². The van der Waals surface area contributed by atoms with E-state index in [9.17, 15) is 19.5 Å². The van der Waals surface area contributed by atoms with E-state index in [2.05, 4.69) is 15.8 Å². The second kappa shape index (κ2) is 12.8. The Morgan fingerprint density at radius 1 is 0.977 bits per heavy atom. The van der Waals surface area contributed by atoms with Gasteiger partial charge in [0.2, 0.25) is 5.91 Å². The summed E-state index contributed by atoms with van der Waals surface area (Å²) in [5.74, 6) is -0.710. The van der Waals surface area contributed by atoms with Crippen molar-refractivity contribution in [2.24, 2.45) is 10.8 Å². The molecule has 1 fully saturated rings. The summed E-state index contributed by atoms with van der Waals surface area (Å²) in [4.78, 5) is 39.5. The maximum Gasteiger partial charge on any atom is 0.271 e. The molecule has 1 saturated heterocycles. The standard InChI is InChI=1S/C32H30ClN5O5/c33-26-18-21(10-12-27(26)39)30(41)37-35-19-22-11-13-28(25-9-5-4-8-24(22)25)43-20-29(40)38-16-14-32(15-17-38,31(34)42)36-23-6-2-1-3-7-23/h1-13,18-19,36,39H,14-17,20H2,(H2,34,42)(H,37,41)/b35-19+. The molecule has 5 rings (SSSR count). The molecule has 1 heterocycles. The van der Waals surface area contributed by atoms with Gasteiger partial charge in [0.05, 0.1) is 11.2 Å². The SMILES string of the molecule is NC(=O)C1(Nc2ccccc2)CCN(C(=O)COc2ccc(/C=N/NC(=O)c3ccc(O)c(Cl)c3)c3ccccc23)CC1. The average Bonchev–Trinajstić information content (AvgIpc) is 3.02. The second-order valence-corrected chi connectivity index (χ2v) is 10.6. The molecule has 0 aromatic heterocycles. The molecule has 220 valence electrons. The maximum absolute atomic E-state index is 13.1. The number of anilines is 1. The number of phenolic OH excluding ortho intramolecular Hbond substituents is 1. The number of nitrogens with zero attached hydrogens (tertiary/aromatic N) is 2. The van der Waals surface area contributed by atoms with E-state index < -0.39 is 17.4 Å². The molecule has 1 aliphatic rings. The van der Waals surface area contributed by atoms with Crippen LogP contribution in [0.4, 0.5) is 5.69 Å². The Morgan fingerprint density at radius 2 is 1.67 bits per heavy atom. The van der Waals surface area contributed by atoms with Gasteiger partial charge in [0.25, 0.3) is 11.8 Å². The first kappa shape index (κ1) is 29.4. The Labute approximate surface area is 253 Å². The fraction of sp³-hybridized carbons (Fsp3) is 0.188. The molecule has 0 bridgehead atoms. The smallest absolute Gasteiger partial charge is 0.271 e. The summed E-state index contributed by atoms with van der Waals surface area (Å²) in [6.45, 7) is 0.560. The number of benzene rings is 4. The number of fused-ring (bicyclic) bond motifs is 1. The summed E-state index contributed by atoms with van der Waals surface area (Å²) < 4.78 is 5.96. The molecule has 0 radical (unpaired) electrons. The zero-order valence-electron chi connectivity index (χ0n) is 23.1. The molecule has 0 atom stereocenters. The Bertz CT molecular complexity index is 1690. The molecular weight excluding hydrogens is 570 g/mol. The molecule has 0 unspecified atom stereocenters. The Balaban J connectivity index is 1.21. The number of hydrogen-bond acceptors (Lipinski definition) is 7. The van der Waals surface area contributed by atoms with Gasteiger partial charge in [-0.15, -0.1) is 0 Å². The number of likely N-dealkylation sites (tertiary alicyclic amines) is 1. The minimum atomic E-state index is -0.927. The predicted molar refractivity (Wildman–Crippen MR) is 165 cm³/mol. The molecule has 4 aromatic rings. The molecule has 4 aromatic carbocycles. The van der Waals surface area contributed by atoms with Gasteiger partial charge < -0.3 is 25.8 Å². The number of piperidine rings is 1. The van der Waals surface area contributed by atoms with Gasteiger partial charge in [-0.1, -0.05) is 54.1 Å². The van der Waals surface area contributed by atoms with Crippen LogP contribution in [0.25, 0.3) is 10.8 Å². The first-order chi connectivity index (χ1) is 20.8. The number of primary amides is 1. The number of aromatic hydroxyl groups is 1. The fourth-order valence-electron chi connectivity index (χ4n) is 5.01. The highest BCUT2D eigenvalue weighted by Gasteiger charge is 2.41. The number of hydrogen-bond donors (Lipinski definition) is 4. The van der Waals surface area contributed by atoms with Gasteiger partial charge in [-0.05, 0) is 60.7 Å². The van der Waals surface area contributed by atoms with Crippen molar-refractivity contribution in [3.8, 4) is 11.5 Å². The molecule has 5 N–H and O–H groups in total.